The van der Waals surface area contributed by atoms with E-state index in [1.54, 1.807) is 0 Å². The smallest absolute Gasteiger partial charge is 0.303 e. The second-order valence-electron chi connectivity index (χ2n) is 18.8. The molecule has 5 aliphatic carbocycles. The van der Waals surface area contributed by atoms with Gasteiger partial charge < -0.3 is 44.5 Å². The summed E-state index contributed by atoms with van der Waals surface area (Å²) in [4.78, 5) is 11.9. The van der Waals surface area contributed by atoms with Crippen molar-refractivity contribution < 1.29 is 49.3 Å². The fraction of sp³-hybridized carbons (Fsp3) is 0.973. The third-order valence-electron chi connectivity index (χ3n) is 15.8. The van der Waals surface area contributed by atoms with Crippen LogP contribution in [0.15, 0.2) is 0 Å². The van der Waals surface area contributed by atoms with Crippen LogP contribution in [0.3, 0.4) is 0 Å². The van der Waals surface area contributed by atoms with E-state index in [9.17, 15) is 30.3 Å². The summed E-state index contributed by atoms with van der Waals surface area (Å²) in [6, 6.07) is 0. The maximum absolute atomic E-state index is 12.2. The summed E-state index contributed by atoms with van der Waals surface area (Å²) in [5, 5.41) is 55.8. The summed E-state index contributed by atoms with van der Waals surface area (Å²) in [5.74, 6) is -0.368. The summed E-state index contributed by atoms with van der Waals surface area (Å²) in [5.41, 5.74) is -2.18. The summed E-state index contributed by atoms with van der Waals surface area (Å²) >= 11 is 0. The van der Waals surface area contributed by atoms with E-state index in [2.05, 4.69) is 34.6 Å². The number of hydrogen-bond donors (Lipinski definition) is 5. The van der Waals surface area contributed by atoms with Gasteiger partial charge in [-0.3, -0.25) is 4.79 Å². The number of ether oxygens (including phenoxy) is 4. The predicted molar refractivity (Wildman–Crippen MR) is 171 cm³/mol. The molecule has 16 atom stereocenters. The number of aliphatic hydroxyl groups excluding tert-OH is 4. The van der Waals surface area contributed by atoms with Gasteiger partial charge in [-0.05, 0) is 117 Å². The lowest BCUT2D eigenvalue weighted by Crippen LogP contribution is -2.63. The molecule has 2 saturated heterocycles. The molecule has 0 bridgehead atoms. The Hall–Kier alpha value is -0.850. The van der Waals surface area contributed by atoms with Crippen LogP contribution in [0.1, 0.15) is 113 Å². The molecule has 10 heteroatoms. The second kappa shape index (κ2) is 10.6. The molecule has 0 aromatic heterocycles. The maximum atomic E-state index is 12.2. The zero-order valence-electron chi connectivity index (χ0n) is 29.7. The zero-order chi connectivity index (χ0) is 34.3. The van der Waals surface area contributed by atoms with Crippen molar-refractivity contribution in [3.63, 3.8) is 0 Å². The van der Waals surface area contributed by atoms with Crippen LogP contribution in [-0.4, -0.2) is 98.3 Å². The molecule has 5 N–H and O–H groups in total. The van der Waals surface area contributed by atoms with Crippen molar-refractivity contribution in [3.05, 3.63) is 0 Å². The average molecular weight is 665 g/mol. The minimum atomic E-state index is -1.32. The number of aliphatic hydroxyl groups is 5. The highest BCUT2D eigenvalue weighted by Gasteiger charge is 2.85. The topological polar surface area (TPSA) is 155 Å². The molecule has 268 valence electrons. The van der Waals surface area contributed by atoms with Crippen molar-refractivity contribution in [2.45, 2.75) is 173 Å². The minimum absolute atomic E-state index is 0.00501. The first-order valence-corrected chi connectivity index (χ1v) is 18.2. The van der Waals surface area contributed by atoms with Crippen molar-refractivity contribution in [1.82, 2.24) is 0 Å². The van der Waals surface area contributed by atoms with Gasteiger partial charge >= 0.3 is 5.97 Å². The Bertz CT molecular complexity index is 1270. The number of hydrogen-bond acceptors (Lipinski definition) is 10. The van der Waals surface area contributed by atoms with E-state index >= 15 is 0 Å². The van der Waals surface area contributed by atoms with Gasteiger partial charge in [0, 0.05) is 12.8 Å². The van der Waals surface area contributed by atoms with Crippen LogP contribution in [0.2, 0.25) is 0 Å². The molecule has 7 aliphatic rings. The van der Waals surface area contributed by atoms with Crippen LogP contribution in [0.4, 0.5) is 0 Å². The Morgan fingerprint density at radius 2 is 1.55 bits per heavy atom. The molecule has 47 heavy (non-hydrogen) atoms. The Labute approximate surface area is 279 Å². The summed E-state index contributed by atoms with van der Waals surface area (Å²) in [7, 11) is 0. The van der Waals surface area contributed by atoms with Crippen molar-refractivity contribution in [1.29, 1.82) is 0 Å². The van der Waals surface area contributed by atoms with Crippen molar-refractivity contribution in [2.24, 2.45) is 44.8 Å². The van der Waals surface area contributed by atoms with E-state index in [0.29, 0.717) is 12.8 Å². The molecule has 0 aromatic carbocycles. The van der Waals surface area contributed by atoms with E-state index in [4.69, 9.17) is 18.9 Å². The van der Waals surface area contributed by atoms with Gasteiger partial charge in [0.15, 0.2) is 12.4 Å². The van der Waals surface area contributed by atoms with Gasteiger partial charge in [-0.2, -0.15) is 0 Å². The predicted octanol–water partition coefficient (Wildman–Crippen LogP) is 3.47. The fourth-order valence-electron chi connectivity index (χ4n) is 13.7. The number of carbonyl (C=O) groups excluding carboxylic acids is 1. The molecule has 0 radical (unpaired) electrons. The highest BCUT2D eigenvalue weighted by Crippen LogP contribution is 2.89. The first-order valence-electron chi connectivity index (χ1n) is 18.2. The number of carbonyl (C=O) groups is 1. The number of fused-ring (bicyclic) bond motifs is 2. The zero-order valence-corrected chi connectivity index (χ0v) is 29.7. The van der Waals surface area contributed by atoms with Gasteiger partial charge in [0.2, 0.25) is 0 Å². The Morgan fingerprint density at radius 1 is 0.851 bits per heavy atom. The van der Waals surface area contributed by atoms with E-state index in [-0.39, 0.29) is 58.2 Å². The molecule has 2 heterocycles. The van der Waals surface area contributed by atoms with Gasteiger partial charge in [-0.1, -0.05) is 27.7 Å². The SMILES string of the molecule is CC(=O)O[C@H]1[C@H](O[C@H]2CC[C@]34C[C@]35CC[C@]3(C)[C@@H]([C@]6(C)CC[C@H](C(C)(C)O)O6)[C@@H](O)C[C@@]3(C)[C@@H]5C[C@H](O)C4C2(C)C)OC[C@@H](O)[C@@H]1O. The van der Waals surface area contributed by atoms with Crippen LogP contribution in [0.25, 0.3) is 0 Å². The molecular weight excluding hydrogens is 604 g/mol. The molecule has 7 fully saturated rings. The Balaban J connectivity index is 1.15. The molecule has 2 spiro atoms. The first-order chi connectivity index (χ1) is 21.7. The maximum Gasteiger partial charge on any atom is 0.303 e. The van der Waals surface area contributed by atoms with E-state index < -0.39 is 59.4 Å². The van der Waals surface area contributed by atoms with Crippen LogP contribution in [-0.2, 0) is 23.7 Å². The standard InChI is InChI=1S/C37H60O10/c1-19(38)45-27-26(42)22(41)17-44-30(27)46-24-10-12-37-18-36(37)14-13-33(6)29(35(8)11-9-25(47-35)32(4,5)43)21(40)16-34(33,7)23(36)15-20(39)28(37)31(24,2)3/h20-30,39-43H,9-18H2,1-8H3/t20-,21-,22+,23-,24-,25+,26-,27+,28?,29-,30-,33+,34-,35-,36-,37+/m0/s1. The molecule has 2 aliphatic heterocycles. The Kier molecular flexibility index (Phi) is 7.80. The third kappa shape index (κ3) is 4.60. The lowest BCUT2D eigenvalue weighted by molar-refractivity contribution is -0.309. The van der Waals surface area contributed by atoms with Gasteiger partial charge in [-0.15, -0.1) is 0 Å². The third-order valence-corrected chi connectivity index (χ3v) is 15.8. The molecule has 10 nitrogen and oxygen atoms in total. The van der Waals surface area contributed by atoms with Crippen molar-refractivity contribution in [3.8, 4) is 0 Å². The van der Waals surface area contributed by atoms with Crippen LogP contribution < -0.4 is 0 Å². The summed E-state index contributed by atoms with van der Waals surface area (Å²) in [6.07, 6.45) is 1.48. The quantitative estimate of drug-likeness (QED) is 0.218. The molecule has 1 unspecified atom stereocenters. The van der Waals surface area contributed by atoms with Crippen LogP contribution in [0, 0.1) is 44.8 Å². The number of esters is 1. The second-order valence-corrected chi connectivity index (χ2v) is 18.8. The molecule has 0 aromatic rings. The minimum Gasteiger partial charge on any atom is -0.454 e. The average Bonchev–Trinajstić information content (AvgIpc) is 3.30. The molecule has 0 amide bonds. The van der Waals surface area contributed by atoms with Gasteiger partial charge in [-0.25, -0.2) is 0 Å². The van der Waals surface area contributed by atoms with Crippen molar-refractivity contribution in [2.75, 3.05) is 6.61 Å². The highest BCUT2D eigenvalue weighted by molar-refractivity contribution is 5.66. The van der Waals surface area contributed by atoms with E-state index in [1.165, 1.54) is 6.92 Å². The van der Waals surface area contributed by atoms with E-state index in [1.807, 2.05) is 13.8 Å². The molecular formula is C37H60O10. The molecule has 7 rings (SSSR count). The summed E-state index contributed by atoms with van der Waals surface area (Å²) in [6.45, 7) is 16.0. The van der Waals surface area contributed by atoms with Gasteiger partial charge in [0.25, 0.3) is 0 Å². The highest BCUT2D eigenvalue weighted by atomic mass is 16.7. The van der Waals surface area contributed by atoms with E-state index in [0.717, 1.165) is 44.9 Å². The normalized spacial score (nSPS) is 56.6. The first kappa shape index (κ1) is 34.6. The number of rotatable bonds is 5. The largest absolute Gasteiger partial charge is 0.454 e. The monoisotopic (exact) mass is 664 g/mol. The lowest BCUT2D eigenvalue weighted by atomic mass is 9.41. The van der Waals surface area contributed by atoms with Crippen LogP contribution >= 0.6 is 0 Å². The van der Waals surface area contributed by atoms with Crippen LogP contribution in [0.5, 0.6) is 0 Å². The van der Waals surface area contributed by atoms with Gasteiger partial charge in [0.05, 0.1) is 42.2 Å². The fourth-order valence-corrected chi connectivity index (χ4v) is 13.7. The lowest BCUT2D eigenvalue weighted by Gasteiger charge is -2.64. The summed E-state index contributed by atoms with van der Waals surface area (Å²) < 4.78 is 24.4. The van der Waals surface area contributed by atoms with Gasteiger partial charge in [0.1, 0.15) is 12.2 Å². The van der Waals surface area contributed by atoms with Crippen molar-refractivity contribution >= 4 is 5.97 Å². The molecule has 5 saturated carbocycles. The Morgan fingerprint density at radius 3 is 2.19 bits per heavy atom.